The van der Waals surface area contributed by atoms with Crippen molar-refractivity contribution in [3.63, 3.8) is 0 Å². The molecule has 2 aliphatic rings. The van der Waals surface area contributed by atoms with Gasteiger partial charge in [-0.2, -0.15) is 0 Å². The van der Waals surface area contributed by atoms with Gasteiger partial charge in [0.1, 0.15) is 12.4 Å². The van der Waals surface area contributed by atoms with Gasteiger partial charge in [0.25, 0.3) is 0 Å². The monoisotopic (exact) mass is 500 g/mol. The van der Waals surface area contributed by atoms with Gasteiger partial charge in [-0.15, -0.1) is 0 Å². The summed E-state index contributed by atoms with van der Waals surface area (Å²) in [6.45, 7) is 14.8. The molecule has 1 heteroatoms. The van der Waals surface area contributed by atoms with Gasteiger partial charge in [-0.25, -0.2) is 0 Å². The molecule has 0 radical (unpaired) electrons. The summed E-state index contributed by atoms with van der Waals surface area (Å²) in [6.07, 6.45) is 2.19. The highest BCUT2D eigenvalue weighted by atomic mass is 16.5. The number of fused-ring (bicyclic) bond motifs is 4. The van der Waals surface area contributed by atoms with Crippen LogP contribution in [0.3, 0.4) is 0 Å². The van der Waals surface area contributed by atoms with Crippen molar-refractivity contribution in [2.24, 2.45) is 10.8 Å². The third-order valence-electron chi connectivity index (χ3n) is 8.62. The quantitative estimate of drug-likeness (QED) is 0.253. The first-order valence-electron chi connectivity index (χ1n) is 14.2. The van der Waals surface area contributed by atoms with Gasteiger partial charge in [0.05, 0.1) is 0 Å². The second-order valence-electron chi connectivity index (χ2n) is 13.5. The summed E-state index contributed by atoms with van der Waals surface area (Å²) in [6, 6.07) is 32.0. The highest BCUT2D eigenvalue weighted by molar-refractivity contribution is 5.68. The van der Waals surface area contributed by atoms with E-state index in [4.69, 9.17) is 4.74 Å². The van der Waals surface area contributed by atoms with Gasteiger partial charge >= 0.3 is 0 Å². The van der Waals surface area contributed by atoms with Crippen molar-refractivity contribution in [2.45, 2.75) is 72.8 Å². The molecule has 0 N–H and O–H groups in total. The third kappa shape index (κ3) is 4.37. The average molecular weight is 501 g/mol. The Morgan fingerprint density at radius 2 is 1.03 bits per heavy atom. The normalized spacial score (nSPS) is 18.7. The van der Waals surface area contributed by atoms with Gasteiger partial charge in [-0.3, -0.25) is 0 Å². The zero-order valence-electron chi connectivity index (χ0n) is 23.8. The molecule has 6 rings (SSSR count). The first-order chi connectivity index (χ1) is 18.1. The van der Waals surface area contributed by atoms with Crippen LogP contribution in [0, 0.1) is 10.8 Å². The van der Waals surface area contributed by atoms with Gasteiger partial charge in [0.2, 0.25) is 0 Å². The van der Waals surface area contributed by atoms with Gasteiger partial charge in [0, 0.05) is 17.4 Å². The summed E-state index contributed by atoms with van der Waals surface area (Å²) in [5.41, 5.74) is 12.8. The summed E-state index contributed by atoms with van der Waals surface area (Å²) in [5, 5.41) is 0. The van der Waals surface area contributed by atoms with Gasteiger partial charge in [-0.1, -0.05) is 114 Å². The van der Waals surface area contributed by atoms with Crippen LogP contribution in [0.25, 0.3) is 11.1 Å². The van der Waals surface area contributed by atoms with E-state index in [0.29, 0.717) is 18.4 Å². The predicted molar refractivity (Wildman–Crippen MR) is 159 cm³/mol. The molecule has 0 saturated heterocycles. The molecule has 2 unspecified atom stereocenters. The number of benzene rings is 4. The van der Waals surface area contributed by atoms with E-state index in [9.17, 15) is 0 Å². The van der Waals surface area contributed by atoms with Gasteiger partial charge in [-0.05, 0) is 80.3 Å². The fourth-order valence-electron chi connectivity index (χ4n) is 7.00. The molecule has 0 spiro atoms. The third-order valence-corrected chi connectivity index (χ3v) is 8.62. The number of ether oxygens (including phenoxy) is 1. The van der Waals surface area contributed by atoms with Crippen molar-refractivity contribution < 1.29 is 4.74 Å². The lowest BCUT2D eigenvalue weighted by molar-refractivity contribution is 0.304. The zero-order chi connectivity index (χ0) is 26.7. The Labute approximate surface area is 228 Å². The van der Waals surface area contributed by atoms with Crippen LogP contribution >= 0.6 is 0 Å². The van der Waals surface area contributed by atoms with Gasteiger partial charge in [0.15, 0.2) is 0 Å². The fourth-order valence-corrected chi connectivity index (χ4v) is 7.00. The van der Waals surface area contributed by atoms with Crippen molar-refractivity contribution in [2.75, 3.05) is 0 Å². The molecule has 1 aliphatic carbocycles. The van der Waals surface area contributed by atoms with Crippen molar-refractivity contribution >= 4 is 0 Å². The minimum absolute atomic E-state index is 0.0844. The maximum atomic E-state index is 6.39. The predicted octanol–water partition coefficient (Wildman–Crippen LogP) is 9.70. The van der Waals surface area contributed by atoms with Crippen LogP contribution in [0.4, 0.5) is 0 Å². The van der Waals surface area contributed by atoms with Crippen LogP contribution < -0.4 is 4.74 Å². The van der Waals surface area contributed by atoms with Crippen LogP contribution in [-0.2, 0) is 19.4 Å². The van der Waals surface area contributed by atoms with Crippen molar-refractivity contribution in [1.82, 2.24) is 0 Å². The minimum atomic E-state index is 0.0844. The molecule has 1 heterocycles. The van der Waals surface area contributed by atoms with Crippen LogP contribution in [-0.4, -0.2) is 0 Å². The molecule has 194 valence electrons. The molecule has 2 atom stereocenters. The Morgan fingerprint density at radius 1 is 0.526 bits per heavy atom. The SMILES string of the molecule is CC(C)(C)C1c2ccccc2CCc2cc(-c3ccc4c(c3)COc3ccccc3C4C(C)(C)C)ccc21. The molecule has 0 saturated carbocycles. The first-order valence-corrected chi connectivity index (χ1v) is 14.2. The van der Waals surface area contributed by atoms with E-state index in [0.717, 1.165) is 18.6 Å². The zero-order valence-corrected chi connectivity index (χ0v) is 23.8. The number of rotatable bonds is 1. The summed E-state index contributed by atoms with van der Waals surface area (Å²) < 4.78 is 6.39. The van der Waals surface area contributed by atoms with Crippen molar-refractivity contribution in [3.8, 4) is 16.9 Å². The van der Waals surface area contributed by atoms with Crippen molar-refractivity contribution in [3.05, 3.63) is 124 Å². The molecule has 0 bridgehead atoms. The Kier molecular flexibility index (Phi) is 6.02. The Morgan fingerprint density at radius 3 is 1.71 bits per heavy atom. The molecule has 1 nitrogen and oxygen atoms in total. The largest absolute Gasteiger partial charge is 0.489 e. The number of aryl methyl sites for hydroxylation is 2. The minimum Gasteiger partial charge on any atom is -0.489 e. The van der Waals surface area contributed by atoms with Crippen molar-refractivity contribution in [1.29, 1.82) is 0 Å². The molecule has 4 aromatic carbocycles. The van der Waals surface area contributed by atoms with E-state index >= 15 is 0 Å². The second kappa shape index (κ2) is 9.16. The fraction of sp³-hybridized carbons (Fsp3) is 0.351. The van der Waals surface area contributed by atoms with E-state index in [1.54, 1.807) is 0 Å². The molecular formula is C37H40O. The number of para-hydroxylation sites is 1. The van der Waals surface area contributed by atoms with Crippen LogP contribution in [0.1, 0.15) is 92.3 Å². The van der Waals surface area contributed by atoms with E-state index in [2.05, 4.69) is 126 Å². The number of hydrogen-bond acceptors (Lipinski definition) is 1. The Bertz CT molecular complexity index is 1380. The lowest BCUT2D eigenvalue weighted by Gasteiger charge is -2.33. The summed E-state index contributed by atoms with van der Waals surface area (Å²) in [5.74, 6) is 1.71. The number of hydrogen-bond donors (Lipinski definition) is 0. The second-order valence-corrected chi connectivity index (χ2v) is 13.5. The highest BCUT2D eigenvalue weighted by Gasteiger charge is 2.35. The highest BCUT2D eigenvalue weighted by Crippen LogP contribution is 2.49. The van der Waals surface area contributed by atoms with Gasteiger partial charge < -0.3 is 4.74 Å². The Hall–Kier alpha value is -3.32. The lowest BCUT2D eigenvalue weighted by atomic mass is 9.70. The maximum Gasteiger partial charge on any atom is 0.123 e. The summed E-state index contributed by atoms with van der Waals surface area (Å²) in [4.78, 5) is 0. The molecule has 0 amide bonds. The van der Waals surface area contributed by atoms with Crippen LogP contribution in [0.5, 0.6) is 5.75 Å². The summed E-state index contributed by atoms with van der Waals surface area (Å²) >= 11 is 0. The molecule has 0 fully saturated rings. The van der Waals surface area contributed by atoms with E-state index in [1.807, 2.05) is 0 Å². The molecular weight excluding hydrogens is 460 g/mol. The molecule has 4 aromatic rings. The van der Waals surface area contributed by atoms with E-state index < -0.39 is 0 Å². The maximum absolute atomic E-state index is 6.39. The standard InChI is InChI=1S/C37H40O/c1-36(2,3)34-29-12-8-7-11-24(29)15-16-27-21-25(17-19-30(27)34)26-18-20-31-28(22-26)23-38-33-14-10-9-13-32(33)35(31)37(4,5)6/h7-14,17-22,34-35H,15-16,23H2,1-6H3. The summed E-state index contributed by atoms with van der Waals surface area (Å²) in [7, 11) is 0. The first kappa shape index (κ1) is 25.0. The Balaban J connectivity index is 1.43. The molecule has 1 aliphatic heterocycles. The topological polar surface area (TPSA) is 9.23 Å². The molecule has 0 aromatic heterocycles. The van der Waals surface area contributed by atoms with E-state index in [1.165, 1.54) is 50.1 Å². The van der Waals surface area contributed by atoms with E-state index in [-0.39, 0.29) is 10.8 Å². The van der Waals surface area contributed by atoms with Crippen LogP contribution in [0.15, 0.2) is 84.9 Å². The van der Waals surface area contributed by atoms with Crippen LogP contribution in [0.2, 0.25) is 0 Å². The smallest absolute Gasteiger partial charge is 0.123 e. The average Bonchev–Trinajstić information content (AvgIpc) is 3.15. The lowest BCUT2D eigenvalue weighted by Crippen LogP contribution is -2.21. The molecule has 38 heavy (non-hydrogen) atoms.